The monoisotopic (exact) mass is 458 g/mol. The number of hydrogen-bond acceptors (Lipinski definition) is 5. The molecule has 0 bridgehead atoms. The van der Waals surface area contributed by atoms with Crippen LogP contribution in [0.5, 0.6) is 5.75 Å². The van der Waals surface area contributed by atoms with Crippen molar-refractivity contribution < 1.29 is 19.1 Å². The molecule has 0 saturated carbocycles. The molecule has 3 aromatic rings. The first-order chi connectivity index (χ1) is 16.5. The second-order valence-electron chi connectivity index (χ2n) is 7.97. The Labute approximate surface area is 197 Å². The van der Waals surface area contributed by atoms with E-state index >= 15 is 0 Å². The van der Waals surface area contributed by atoms with E-state index in [1.807, 2.05) is 35.2 Å². The molecule has 4 rings (SSSR count). The lowest BCUT2D eigenvalue weighted by Crippen LogP contribution is -2.47. The van der Waals surface area contributed by atoms with Crippen molar-refractivity contribution in [1.82, 2.24) is 10.6 Å². The minimum Gasteiger partial charge on any atom is -0.488 e. The van der Waals surface area contributed by atoms with Gasteiger partial charge in [0.15, 0.2) is 0 Å². The predicted octanol–water partition coefficient (Wildman–Crippen LogP) is 2.23. The van der Waals surface area contributed by atoms with Gasteiger partial charge in [-0.3, -0.25) is 14.4 Å². The summed E-state index contributed by atoms with van der Waals surface area (Å²) >= 11 is 0. The van der Waals surface area contributed by atoms with Crippen LogP contribution in [0.15, 0.2) is 72.8 Å². The number of carbonyl (C=O) groups excluding carboxylic acids is 3. The summed E-state index contributed by atoms with van der Waals surface area (Å²) < 4.78 is 5.75. The molecular weight excluding hydrogens is 432 g/mol. The lowest BCUT2D eigenvalue weighted by Gasteiger charge is -2.28. The molecule has 8 heteroatoms. The SMILES string of the molecule is NC(=O)c1ccccc1OCc1cccc(C(=O)NCc2ccc(N3CCNC(=O)C3)cc2)c1. The van der Waals surface area contributed by atoms with Gasteiger partial charge in [-0.1, -0.05) is 36.4 Å². The standard InChI is InChI=1S/C26H26N4O4/c27-25(32)22-6-1-2-7-23(22)34-17-19-4-3-5-20(14-19)26(33)29-15-18-8-10-21(11-9-18)30-13-12-28-24(31)16-30/h1-11,14H,12-13,15-17H2,(H2,27,32)(H,28,31)(H,29,33). The predicted molar refractivity (Wildman–Crippen MR) is 129 cm³/mol. The van der Waals surface area contributed by atoms with Crippen molar-refractivity contribution in [1.29, 1.82) is 0 Å². The molecule has 1 aliphatic rings. The van der Waals surface area contributed by atoms with Crippen molar-refractivity contribution in [3.05, 3.63) is 95.1 Å². The maximum absolute atomic E-state index is 12.7. The zero-order valence-corrected chi connectivity index (χ0v) is 18.6. The molecule has 0 spiro atoms. The molecule has 8 nitrogen and oxygen atoms in total. The number of ether oxygens (including phenoxy) is 1. The number of amides is 3. The molecule has 34 heavy (non-hydrogen) atoms. The zero-order chi connectivity index (χ0) is 23.9. The summed E-state index contributed by atoms with van der Waals surface area (Å²) in [6.45, 7) is 2.34. The molecule has 0 aromatic heterocycles. The van der Waals surface area contributed by atoms with Gasteiger partial charge in [-0.2, -0.15) is 0 Å². The second-order valence-corrected chi connectivity index (χ2v) is 7.97. The van der Waals surface area contributed by atoms with Crippen molar-refractivity contribution in [3.8, 4) is 5.75 Å². The van der Waals surface area contributed by atoms with Crippen LogP contribution < -0.4 is 26.0 Å². The lowest BCUT2D eigenvalue weighted by atomic mass is 10.1. The van der Waals surface area contributed by atoms with Gasteiger partial charge in [-0.15, -0.1) is 0 Å². The highest BCUT2D eigenvalue weighted by molar-refractivity contribution is 5.95. The van der Waals surface area contributed by atoms with E-state index in [9.17, 15) is 14.4 Å². The first kappa shape index (κ1) is 22.8. The summed E-state index contributed by atoms with van der Waals surface area (Å²) in [6.07, 6.45) is 0. The largest absolute Gasteiger partial charge is 0.488 e. The van der Waals surface area contributed by atoms with Crippen molar-refractivity contribution in [3.63, 3.8) is 0 Å². The third kappa shape index (κ3) is 5.72. The molecule has 0 atom stereocenters. The third-order valence-electron chi connectivity index (χ3n) is 5.53. The fourth-order valence-electron chi connectivity index (χ4n) is 3.73. The summed E-state index contributed by atoms with van der Waals surface area (Å²) in [6, 6.07) is 21.7. The Morgan fingerprint density at radius 2 is 1.79 bits per heavy atom. The molecule has 0 aliphatic carbocycles. The number of para-hydroxylation sites is 1. The molecular formula is C26H26N4O4. The number of nitrogens with zero attached hydrogens (tertiary/aromatic N) is 1. The van der Waals surface area contributed by atoms with E-state index in [1.165, 1.54) is 0 Å². The van der Waals surface area contributed by atoms with Crippen LogP contribution in [0.4, 0.5) is 5.69 Å². The van der Waals surface area contributed by atoms with Crippen LogP contribution in [0.1, 0.15) is 31.8 Å². The Bertz CT molecular complexity index is 1190. The highest BCUT2D eigenvalue weighted by Gasteiger charge is 2.16. The van der Waals surface area contributed by atoms with Crippen LogP contribution in [0.3, 0.4) is 0 Å². The molecule has 3 aromatic carbocycles. The molecule has 1 saturated heterocycles. The number of benzene rings is 3. The summed E-state index contributed by atoms with van der Waals surface area (Å²) in [5.74, 6) is -0.333. The van der Waals surface area contributed by atoms with Gasteiger partial charge >= 0.3 is 0 Å². The van der Waals surface area contributed by atoms with Gasteiger partial charge in [0.2, 0.25) is 5.91 Å². The molecule has 1 fully saturated rings. The maximum atomic E-state index is 12.7. The number of primary amides is 1. The second kappa shape index (κ2) is 10.5. The van der Waals surface area contributed by atoms with Gasteiger partial charge < -0.3 is 26.0 Å². The molecule has 4 N–H and O–H groups in total. The van der Waals surface area contributed by atoms with Crippen LogP contribution in [0.25, 0.3) is 0 Å². The van der Waals surface area contributed by atoms with Crippen molar-refractivity contribution in [2.24, 2.45) is 5.73 Å². The summed E-state index contributed by atoms with van der Waals surface area (Å²) in [7, 11) is 0. The van der Waals surface area contributed by atoms with E-state index in [-0.39, 0.29) is 18.4 Å². The minimum absolute atomic E-state index is 0.0206. The normalized spacial score (nSPS) is 13.2. The van der Waals surface area contributed by atoms with Gasteiger partial charge in [0.25, 0.3) is 11.8 Å². The average Bonchev–Trinajstić information content (AvgIpc) is 2.86. The van der Waals surface area contributed by atoms with Gasteiger partial charge in [0, 0.05) is 30.9 Å². The summed E-state index contributed by atoms with van der Waals surface area (Å²) in [4.78, 5) is 37.8. The smallest absolute Gasteiger partial charge is 0.252 e. The van der Waals surface area contributed by atoms with Crippen LogP contribution in [0, 0.1) is 0 Å². The number of anilines is 1. The third-order valence-corrected chi connectivity index (χ3v) is 5.53. The van der Waals surface area contributed by atoms with Crippen molar-refractivity contribution in [2.45, 2.75) is 13.2 Å². The quantitative estimate of drug-likeness (QED) is 0.479. The van der Waals surface area contributed by atoms with Crippen molar-refractivity contribution >= 4 is 23.4 Å². The Kier molecular flexibility index (Phi) is 7.07. The number of carbonyl (C=O) groups is 3. The number of nitrogens with two attached hydrogens (primary N) is 1. The maximum Gasteiger partial charge on any atom is 0.252 e. The summed E-state index contributed by atoms with van der Waals surface area (Å²) in [5.41, 5.74) is 8.95. The fraction of sp³-hybridized carbons (Fsp3) is 0.192. The molecule has 174 valence electrons. The van der Waals surface area contributed by atoms with Gasteiger partial charge in [-0.05, 0) is 47.5 Å². The topological polar surface area (TPSA) is 114 Å². The number of nitrogens with one attached hydrogen (secondary N) is 2. The Morgan fingerprint density at radius 3 is 2.56 bits per heavy atom. The fourth-order valence-corrected chi connectivity index (χ4v) is 3.73. The van der Waals surface area contributed by atoms with Gasteiger partial charge in [-0.25, -0.2) is 0 Å². The van der Waals surface area contributed by atoms with Gasteiger partial charge in [0.1, 0.15) is 12.4 Å². The Balaban J connectivity index is 1.33. The Hall–Kier alpha value is -4.33. The zero-order valence-electron chi connectivity index (χ0n) is 18.6. The average molecular weight is 459 g/mol. The molecule has 0 unspecified atom stereocenters. The van der Waals surface area contributed by atoms with E-state index < -0.39 is 5.91 Å². The van der Waals surface area contributed by atoms with Crippen LogP contribution in [-0.4, -0.2) is 37.4 Å². The van der Waals surface area contributed by atoms with E-state index in [1.54, 1.807) is 42.5 Å². The number of piperazine rings is 1. The summed E-state index contributed by atoms with van der Waals surface area (Å²) in [5, 5.41) is 5.74. The van der Waals surface area contributed by atoms with E-state index in [0.717, 1.165) is 23.4 Å². The lowest BCUT2D eigenvalue weighted by molar-refractivity contribution is -0.120. The highest BCUT2D eigenvalue weighted by atomic mass is 16.5. The van der Waals surface area contributed by atoms with Crippen LogP contribution in [0.2, 0.25) is 0 Å². The molecule has 1 aliphatic heterocycles. The van der Waals surface area contributed by atoms with Crippen LogP contribution in [-0.2, 0) is 17.9 Å². The van der Waals surface area contributed by atoms with Crippen LogP contribution >= 0.6 is 0 Å². The number of rotatable bonds is 8. The first-order valence-electron chi connectivity index (χ1n) is 11.0. The van der Waals surface area contributed by atoms with Gasteiger partial charge in [0.05, 0.1) is 12.1 Å². The van der Waals surface area contributed by atoms with Crippen molar-refractivity contribution in [2.75, 3.05) is 24.5 Å². The van der Waals surface area contributed by atoms with E-state index in [2.05, 4.69) is 10.6 Å². The Morgan fingerprint density at radius 1 is 1.00 bits per heavy atom. The first-order valence-corrected chi connectivity index (χ1v) is 11.0. The molecule has 3 amide bonds. The minimum atomic E-state index is -0.557. The van der Waals surface area contributed by atoms with E-state index in [4.69, 9.17) is 10.5 Å². The number of hydrogen-bond donors (Lipinski definition) is 3. The molecule has 0 radical (unpaired) electrons. The van der Waals surface area contributed by atoms with E-state index in [0.29, 0.717) is 36.5 Å². The highest BCUT2D eigenvalue weighted by Crippen LogP contribution is 2.19. The molecule has 1 heterocycles.